The molecule has 0 radical (unpaired) electrons. The first-order valence-electron chi connectivity index (χ1n) is 8.08. The van der Waals surface area contributed by atoms with E-state index < -0.39 is 5.97 Å². The van der Waals surface area contributed by atoms with Gasteiger partial charge in [-0.3, -0.25) is 4.90 Å². The van der Waals surface area contributed by atoms with Crippen molar-refractivity contribution < 1.29 is 18.7 Å². The van der Waals surface area contributed by atoms with Crippen molar-refractivity contribution in [3.05, 3.63) is 53.8 Å². The van der Waals surface area contributed by atoms with Crippen molar-refractivity contribution in [2.45, 2.75) is 25.3 Å². The molecule has 3 aromatic rings. The van der Waals surface area contributed by atoms with Gasteiger partial charge in [0.15, 0.2) is 11.5 Å². The zero-order valence-corrected chi connectivity index (χ0v) is 13.1. The van der Waals surface area contributed by atoms with Crippen molar-refractivity contribution in [2.75, 3.05) is 13.1 Å². The van der Waals surface area contributed by atoms with Crippen LogP contribution in [0.1, 0.15) is 40.8 Å². The first kappa shape index (κ1) is 15.0. The van der Waals surface area contributed by atoms with Crippen LogP contribution in [0.3, 0.4) is 0 Å². The molecule has 0 spiro atoms. The Bertz CT molecular complexity index is 834. The number of hydrogen-bond acceptors (Lipinski definition) is 5. The van der Waals surface area contributed by atoms with Gasteiger partial charge in [0.1, 0.15) is 5.52 Å². The molecule has 0 aliphatic carbocycles. The summed E-state index contributed by atoms with van der Waals surface area (Å²) in [5.74, 6) is -0.000577. The predicted octanol–water partition coefficient (Wildman–Crippen LogP) is 3.50. The molecule has 124 valence electrons. The summed E-state index contributed by atoms with van der Waals surface area (Å²) >= 11 is 0. The predicted molar refractivity (Wildman–Crippen MR) is 86.9 cm³/mol. The number of benzene rings is 1. The molecule has 6 heteroatoms. The molecule has 6 nitrogen and oxygen atoms in total. The molecule has 1 aliphatic rings. The fraction of sp³-hybridized carbons (Fsp3) is 0.333. The van der Waals surface area contributed by atoms with Crippen molar-refractivity contribution in [3.8, 4) is 0 Å². The van der Waals surface area contributed by atoms with E-state index in [9.17, 15) is 4.79 Å². The molecule has 1 N–H and O–H groups in total. The van der Waals surface area contributed by atoms with Gasteiger partial charge in [0.2, 0.25) is 5.76 Å². The summed E-state index contributed by atoms with van der Waals surface area (Å²) < 4.78 is 11.0. The molecule has 1 aromatic carbocycles. The van der Waals surface area contributed by atoms with Crippen molar-refractivity contribution in [1.82, 2.24) is 9.88 Å². The maximum absolute atomic E-state index is 11.2. The molecule has 1 unspecified atom stereocenters. The van der Waals surface area contributed by atoms with Crippen LogP contribution >= 0.6 is 0 Å². The molecular weight excluding hydrogens is 308 g/mol. The van der Waals surface area contributed by atoms with Gasteiger partial charge >= 0.3 is 5.97 Å². The fourth-order valence-electron chi connectivity index (χ4n) is 3.35. The normalized spacial score (nSPS) is 18.9. The molecule has 1 saturated heterocycles. The number of fused-ring (bicyclic) bond motifs is 1. The molecule has 1 atom stereocenters. The van der Waals surface area contributed by atoms with Crippen LogP contribution in [0.4, 0.5) is 0 Å². The van der Waals surface area contributed by atoms with Gasteiger partial charge in [-0.1, -0.05) is 12.1 Å². The third-order valence-corrected chi connectivity index (χ3v) is 4.50. The van der Waals surface area contributed by atoms with E-state index in [1.165, 1.54) is 6.26 Å². The van der Waals surface area contributed by atoms with Crippen molar-refractivity contribution in [2.24, 2.45) is 0 Å². The van der Waals surface area contributed by atoms with Crippen LogP contribution in [0, 0.1) is 0 Å². The summed E-state index contributed by atoms with van der Waals surface area (Å²) in [6, 6.07) is 9.50. The Labute approximate surface area is 138 Å². The van der Waals surface area contributed by atoms with Crippen LogP contribution in [0.2, 0.25) is 0 Å². The van der Waals surface area contributed by atoms with Crippen LogP contribution in [-0.2, 0) is 6.54 Å². The Morgan fingerprint density at radius 1 is 1.33 bits per heavy atom. The Kier molecular flexibility index (Phi) is 3.82. The molecule has 1 fully saturated rings. The molecule has 0 bridgehead atoms. The number of oxazole rings is 1. The number of aromatic carboxylic acids is 1. The Morgan fingerprint density at radius 3 is 3.04 bits per heavy atom. The lowest BCUT2D eigenvalue weighted by molar-refractivity contribution is 0.0658. The zero-order valence-electron chi connectivity index (χ0n) is 13.1. The van der Waals surface area contributed by atoms with E-state index in [0.717, 1.165) is 42.9 Å². The zero-order chi connectivity index (χ0) is 16.5. The third kappa shape index (κ3) is 2.80. The fourth-order valence-corrected chi connectivity index (χ4v) is 3.35. The highest BCUT2D eigenvalue weighted by Gasteiger charge is 2.27. The lowest BCUT2D eigenvalue weighted by Gasteiger charge is -2.30. The number of para-hydroxylation sites is 2. The molecule has 24 heavy (non-hydrogen) atoms. The lowest BCUT2D eigenvalue weighted by Crippen LogP contribution is -2.34. The largest absolute Gasteiger partial charge is 0.475 e. The molecule has 4 rings (SSSR count). The summed E-state index contributed by atoms with van der Waals surface area (Å²) in [5, 5.41) is 9.16. The third-order valence-electron chi connectivity index (χ3n) is 4.50. The summed E-state index contributed by atoms with van der Waals surface area (Å²) in [4.78, 5) is 18.0. The average molecular weight is 326 g/mol. The number of carbonyl (C=O) groups is 1. The Hall–Kier alpha value is -2.60. The number of nitrogens with zero attached hydrogens (tertiary/aromatic N) is 2. The number of carboxylic acid groups (broad SMARTS) is 1. The van der Waals surface area contributed by atoms with Gasteiger partial charge in [0.05, 0.1) is 6.26 Å². The lowest BCUT2D eigenvalue weighted by atomic mass is 9.97. The highest BCUT2D eigenvalue weighted by atomic mass is 16.4. The van der Waals surface area contributed by atoms with Crippen molar-refractivity contribution >= 4 is 17.1 Å². The molecule has 0 saturated carbocycles. The SMILES string of the molecule is O=C(O)c1occc1CN1CCCC(c2nc3ccccc3o2)C1. The second-order valence-corrected chi connectivity index (χ2v) is 6.17. The minimum absolute atomic E-state index is 0.0268. The van der Waals surface area contributed by atoms with E-state index in [2.05, 4.69) is 9.88 Å². The Balaban J connectivity index is 1.51. The smallest absolute Gasteiger partial charge is 0.372 e. The van der Waals surface area contributed by atoms with Crippen LogP contribution in [-0.4, -0.2) is 34.0 Å². The highest BCUT2D eigenvalue weighted by molar-refractivity contribution is 5.86. The summed E-state index contributed by atoms with van der Waals surface area (Å²) in [7, 11) is 0. The quantitative estimate of drug-likeness (QED) is 0.790. The van der Waals surface area contributed by atoms with Crippen LogP contribution in [0.5, 0.6) is 0 Å². The molecule has 0 amide bonds. The van der Waals surface area contributed by atoms with E-state index in [0.29, 0.717) is 12.1 Å². The summed E-state index contributed by atoms with van der Waals surface area (Å²) in [6.07, 6.45) is 3.49. The van der Waals surface area contributed by atoms with Gasteiger partial charge in [0.25, 0.3) is 0 Å². The maximum atomic E-state index is 11.2. The molecule has 2 aromatic heterocycles. The first-order valence-corrected chi connectivity index (χ1v) is 8.08. The maximum Gasteiger partial charge on any atom is 0.372 e. The minimum atomic E-state index is -1.03. The van der Waals surface area contributed by atoms with Crippen LogP contribution in [0.15, 0.2) is 45.4 Å². The van der Waals surface area contributed by atoms with E-state index in [-0.39, 0.29) is 11.7 Å². The number of hydrogen-bond donors (Lipinski definition) is 1. The van der Waals surface area contributed by atoms with Gasteiger partial charge < -0.3 is 13.9 Å². The number of aromatic nitrogens is 1. The topological polar surface area (TPSA) is 79.7 Å². The van der Waals surface area contributed by atoms with Crippen LogP contribution in [0.25, 0.3) is 11.1 Å². The monoisotopic (exact) mass is 326 g/mol. The van der Waals surface area contributed by atoms with Gasteiger partial charge in [-0.15, -0.1) is 0 Å². The number of carboxylic acids is 1. The molecule has 1 aliphatic heterocycles. The Morgan fingerprint density at radius 2 is 2.21 bits per heavy atom. The molecular formula is C18H18N2O4. The second kappa shape index (κ2) is 6.13. The number of rotatable bonds is 4. The van der Waals surface area contributed by atoms with Gasteiger partial charge in [-0.05, 0) is 37.6 Å². The minimum Gasteiger partial charge on any atom is -0.475 e. The summed E-state index contributed by atoms with van der Waals surface area (Å²) in [5.41, 5.74) is 2.40. The van der Waals surface area contributed by atoms with E-state index >= 15 is 0 Å². The van der Waals surface area contributed by atoms with E-state index in [1.54, 1.807) is 6.07 Å². The first-order chi connectivity index (χ1) is 11.7. The van der Waals surface area contributed by atoms with Gasteiger partial charge in [0, 0.05) is 24.6 Å². The standard InChI is InChI=1S/C18H18N2O4/c21-18(22)16-12(7-9-23-16)10-20-8-3-4-13(11-20)17-19-14-5-1-2-6-15(14)24-17/h1-2,5-7,9,13H,3-4,8,10-11H2,(H,21,22). The number of piperidine rings is 1. The second-order valence-electron chi connectivity index (χ2n) is 6.17. The number of likely N-dealkylation sites (tertiary alicyclic amines) is 1. The van der Waals surface area contributed by atoms with E-state index in [1.807, 2.05) is 24.3 Å². The highest BCUT2D eigenvalue weighted by Crippen LogP contribution is 2.30. The van der Waals surface area contributed by atoms with Gasteiger partial charge in [-0.2, -0.15) is 0 Å². The van der Waals surface area contributed by atoms with E-state index in [4.69, 9.17) is 13.9 Å². The van der Waals surface area contributed by atoms with Crippen LogP contribution < -0.4 is 0 Å². The van der Waals surface area contributed by atoms with Crippen molar-refractivity contribution in [3.63, 3.8) is 0 Å². The summed E-state index contributed by atoms with van der Waals surface area (Å²) in [6.45, 7) is 2.30. The van der Waals surface area contributed by atoms with Crippen molar-refractivity contribution in [1.29, 1.82) is 0 Å². The average Bonchev–Trinajstić information content (AvgIpc) is 3.21. The number of furan rings is 1. The van der Waals surface area contributed by atoms with Gasteiger partial charge in [-0.25, -0.2) is 9.78 Å². The molecule has 3 heterocycles.